The van der Waals surface area contributed by atoms with Gasteiger partial charge in [0.25, 0.3) is 5.91 Å². The Morgan fingerprint density at radius 3 is 2.91 bits per heavy atom. The predicted octanol–water partition coefficient (Wildman–Crippen LogP) is 3.16. The first-order valence-corrected chi connectivity index (χ1v) is 7.80. The molecule has 1 aliphatic rings. The minimum Gasteiger partial charge on any atom is -0.321 e. The van der Waals surface area contributed by atoms with Crippen molar-refractivity contribution in [2.45, 2.75) is 25.7 Å². The van der Waals surface area contributed by atoms with E-state index in [1.807, 2.05) is 30.3 Å². The smallest absolute Gasteiger partial charge is 0.274 e. The quantitative estimate of drug-likeness (QED) is 0.789. The van der Waals surface area contributed by atoms with Crippen molar-refractivity contribution in [3.63, 3.8) is 0 Å². The highest BCUT2D eigenvalue weighted by atomic mass is 16.1. The molecule has 1 aliphatic carbocycles. The van der Waals surface area contributed by atoms with Gasteiger partial charge < -0.3 is 5.32 Å². The van der Waals surface area contributed by atoms with E-state index < -0.39 is 0 Å². The zero-order chi connectivity index (χ0) is 15.6. The highest BCUT2D eigenvalue weighted by Crippen LogP contribution is 2.23. The molecule has 5 nitrogen and oxygen atoms in total. The molecular formula is C18H16N4O. The van der Waals surface area contributed by atoms with Crippen LogP contribution < -0.4 is 5.32 Å². The molecule has 4 rings (SSSR count). The lowest BCUT2D eigenvalue weighted by Crippen LogP contribution is -2.20. The summed E-state index contributed by atoms with van der Waals surface area (Å²) in [5.74, 6) is -0.172. The first-order chi connectivity index (χ1) is 11.3. The number of hydrogen-bond donors (Lipinski definition) is 1. The molecule has 0 saturated carbocycles. The molecule has 0 bridgehead atoms. The fourth-order valence-electron chi connectivity index (χ4n) is 3.06. The van der Waals surface area contributed by atoms with Gasteiger partial charge in [-0.05, 0) is 49.9 Å². The van der Waals surface area contributed by atoms with Crippen LogP contribution in [0.2, 0.25) is 0 Å². The molecule has 0 spiro atoms. The molecule has 0 fully saturated rings. The summed E-state index contributed by atoms with van der Waals surface area (Å²) in [7, 11) is 0. The standard InChI is InChI=1S/C18H16N4O/c23-18(17-14-5-1-2-6-16(14)20-11-21-17)22-13-7-8-15-12(10-13)4-3-9-19-15/h3-4,7-11H,1-2,5-6H2,(H,22,23). The minimum absolute atomic E-state index is 0.172. The van der Waals surface area contributed by atoms with Crippen molar-refractivity contribution in [1.82, 2.24) is 15.0 Å². The molecule has 2 aromatic heterocycles. The fourth-order valence-corrected chi connectivity index (χ4v) is 3.06. The van der Waals surface area contributed by atoms with Crippen molar-refractivity contribution in [3.05, 3.63) is 59.8 Å². The van der Waals surface area contributed by atoms with Crippen LogP contribution >= 0.6 is 0 Å². The van der Waals surface area contributed by atoms with Gasteiger partial charge in [0, 0.05) is 28.5 Å². The van der Waals surface area contributed by atoms with Gasteiger partial charge in [-0.25, -0.2) is 9.97 Å². The fraction of sp³-hybridized carbons (Fsp3) is 0.222. The van der Waals surface area contributed by atoms with Gasteiger partial charge in [0.15, 0.2) is 0 Å². The van der Waals surface area contributed by atoms with E-state index in [0.717, 1.165) is 53.5 Å². The van der Waals surface area contributed by atoms with E-state index in [9.17, 15) is 4.79 Å². The number of hydrogen-bond acceptors (Lipinski definition) is 4. The SMILES string of the molecule is O=C(Nc1ccc2ncccc2c1)c1ncnc2c1CCCC2. The molecule has 23 heavy (non-hydrogen) atoms. The van der Waals surface area contributed by atoms with Gasteiger partial charge in [0.1, 0.15) is 12.0 Å². The van der Waals surface area contributed by atoms with E-state index in [1.54, 1.807) is 6.20 Å². The van der Waals surface area contributed by atoms with Crippen LogP contribution in [-0.2, 0) is 12.8 Å². The molecule has 1 N–H and O–H groups in total. The lowest BCUT2D eigenvalue weighted by Gasteiger charge is -2.16. The molecule has 2 heterocycles. The monoisotopic (exact) mass is 304 g/mol. The molecular weight excluding hydrogens is 288 g/mol. The lowest BCUT2D eigenvalue weighted by molar-refractivity contribution is 0.102. The topological polar surface area (TPSA) is 67.8 Å². The molecule has 3 aromatic rings. The molecule has 0 saturated heterocycles. The van der Waals surface area contributed by atoms with Crippen LogP contribution in [0.15, 0.2) is 42.9 Å². The summed E-state index contributed by atoms with van der Waals surface area (Å²) in [6.07, 6.45) is 7.27. The number of nitrogens with one attached hydrogen (secondary N) is 1. The molecule has 0 radical (unpaired) electrons. The normalized spacial score (nSPS) is 13.6. The predicted molar refractivity (Wildman–Crippen MR) is 88.4 cm³/mol. The second kappa shape index (κ2) is 5.76. The van der Waals surface area contributed by atoms with Crippen molar-refractivity contribution in [2.24, 2.45) is 0 Å². The molecule has 114 valence electrons. The Hall–Kier alpha value is -2.82. The second-order valence-corrected chi connectivity index (χ2v) is 5.72. The number of amides is 1. The number of anilines is 1. The summed E-state index contributed by atoms with van der Waals surface area (Å²) in [6.45, 7) is 0. The van der Waals surface area contributed by atoms with E-state index in [0.29, 0.717) is 5.69 Å². The maximum atomic E-state index is 12.6. The van der Waals surface area contributed by atoms with Crippen LogP contribution in [0.25, 0.3) is 10.9 Å². The largest absolute Gasteiger partial charge is 0.321 e. The highest BCUT2D eigenvalue weighted by molar-refractivity contribution is 6.04. The number of nitrogens with zero attached hydrogens (tertiary/aromatic N) is 3. The number of aryl methyl sites for hydroxylation is 1. The van der Waals surface area contributed by atoms with Crippen LogP contribution in [-0.4, -0.2) is 20.9 Å². The van der Waals surface area contributed by atoms with E-state index >= 15 is 0 Å². The Morgan fingerprint density at radius 2 is 1.96 bits per heavy atom. The maximum Gasteiger partial charge on any atom is 0.274 e. The van der Waals surface area contributed by atoms with Crippen LogP contribution in [0, 0.1) is 0 Å². The van der Waals surface area contributed by atoms with Gasteiger partial charge in [-0.2, -0.15) is 0 Å². The summed E-state index contributed by atoms with van der Waals surface area (Å²) < 4.78 is 0. The Morgan fingerprint density at radius 1 is 1.04 bits per heavy atom. The Kier molecular flexibility index (Phi) is 3.46. The third-order valence-corrected chi connectivity index (χ3v) is 4.20. The molecule has 0 aliphatic heterocycles. The van der Waals surface area contributed by atoms with Crippen LogP contribution in [0.3, 0.4) is 0 Å². The van der Waals surface area contributed by atoms with Crippen LogP contribution in [0.4, 0.5) is 5.69 Å². The second-order valence-electron chi connectivity index (χ2n) is 5.72. The van der Waals surface area contributed by atoms with Gasteiger partial charge in [0.2, 0.25) is 0 Å². The average molecular weight is 304 g/mol. The first kappa shape index (κ1) is 13.8. The van der Waals surface area contributed by atoms with Crippen LogP contribution in [0.5, 0.6) is 0 Å². The summed E-state index contributed by atoms with van der Waals surface area (Å²) in [5.41, 5.74) is 4.17. The van der Waals surface area contributed by atoms with Crippen molar-refractivity contribution in [3.8, 4) is 0 Å². The highest BCUT2D eigenvalue weighted by Gasteiger charge is 2.20. The Bertz CT molecular complexity index is 891. The van der Waals surface area contributed by atoms with E-state index in [2.05, 4.69) is 20.3 Å². The number of fused-ring (bicyclic) bond motifs is 2. The van der Waals surface area contributed by atoms with Crippen molar-refractivity contribution in [1.29, 1.82) is 0 Å². The number of aromatic nitrogens is 3. The molecule has 1 aromatic carbocycles. The van der Waals surface area contributed by atoms with Gasteiger partial charge in [-0.3, -0.25) is 9.78 Å². The zero-order valence-electron chi connectivity index (χ0n) is 12.6. The van der Waals surface area contributed by atoms with Crippen molar-refractivity contribution < 1.29 is 4.79 Å². The lowest BCUT2D eigenvalue weighted by atomic mass is 9.94. The zero-order valence-corrected chi connectivity index (χ0v) is 12.6. The summed E-state index contributed by atoms with van der Waals surface area (Å²) in [4.78, 5) is 25.4. The third kappa shape index (κ3) is 2.65. The number of benzene rings is 1. The van der Waals surface area contributed by atoms with E-state index in [4.69, 9.17) is 0 Å². The summed E-state index contributed by atoms with van der Waals surface area (Å²) in [5, 5.41) is 3.94. The van der Waals surface area contributed by atoms with Gasteiger partial charge in [0.05, 0.1) is 5.52 Å². The summed E-state index contributed by atoms with van der Waals surface area (Å²) in [6, 6.07) is 9.55. The molecule has 0 atom stereocenters. The van der Waals surface area contributed by atoms with Gasteiger partial charge >= 0.3 is 0 Å². The molecule has 1 amide bonds. The van der Waals surface area contributed by atoms with Crippen molar-refractivity contribution >= 4 is 22.5 Å². The molecule has 5 heteroatoms. The third-order valence-electron chi connectivity index (χ3n) is 4.20. The number of rotatable bonds is 2. The minimum atomic E-state index is -0.172. The Labute approximate surface area is 133 Å². The van der Waals surface area contributed by atoms with Crippen LogP contribution in [0.1, 0.15) is 34.6 Å². The molecule has 0 unspecified atom stereocenters. The number of carbonyl (C=O) groups excluding carboxylic acids is 1. The Balaban J connectivity index is 1.64. The number of carbonyl (C=O) groups is 1. The van der Waals surface area contributed by atoms with Gasteiger partial charge in [-0.1, -0.05) is 6.07 Å². The van der Waals surface area contributed by atoms with E-state index in [-0.39, 0.29) is 5.91 Å². The summed E-state index contributed by atoms with van der Waals surface area (Å²) >= 11 is 0. The van der Waals surface area contributed by atoms with Crippen molar-refractivity contribution in [2.75, 3.05) is 5.32 Å². The number of pyridine rings is 1. The first-order valence-electron chi connectivity index (χ1n) is 7.80. The van der Waals surface area contributed by atoms with E-state index in [1.165, 1.54) is 6.33 Å². The van der Waals surface area contributed by atoms with Gasteiger partial charge in [-0.15, -0.1) is 0 Å². The maximum absolute atomic E-state index is 12.6. The average Bonchev–Trinajstić information content (AvgIpc) is 2.61.